The molecule has 0 spiro atoms. The molecule has 1 aliphatic rings. The van der Waals surface area contributed by atoms with E-state index in [1.54, 1.807) is 35.0 Å². The van der Waals surface area contributed by atoms with E-state index in [-0.39, 0.29) is 29.3 Å². The van der Waals surface area contributed by atoms with Crippen molar-refractivity contribution in [2.75, 3.05) is 11.9 Å². The fourth-order valence-electron chi connectivity index (χ4n) is 4.04. The van der Waals surface area contributed by atoms with Gasteiger partial charge in [0.05, 0.1) is 27.5 Å². The summed E-state index contributed by atoms with van der Waals surface area (Å²) in [4.78, 5) is 17.3. The summed E-state index contributed by atoms with van der Waals surface area (Å²) in [5, 5.41) is 2.96. The van der Waals surface area contributed by atoms with Gasteiger partial charge in [-0.1, -0.05) is 6.07 Å². The van der Waals surface area contributed by atoms with Gasteiger partial charge in [-0.15, -0.1) is 11.3 Å². The van der Waals surface area contributed by atoms with Gasteiger partial charge in [-0.05, 0) is 50.1 Å². The molecule has 4 aromatic rings. The topological polar surface area (TPSA) is 105 Å². The van der Waals surface area contributed by atoms with Crippen molar-refractivity contribution in [3.8, 4) is 0 Å². The molecule has 0 unspecified atom stereocenters. The first kappa shape index (κ1) is 20.4. The zero-order chi connectivity index (χ0) is 21.6. The van der Waals surface area contributed by atoms with E-state index in [2.05, 4.69) is 19.0 Å². The monoisotopic (exact) mass is 473 g/mol. The molecule has 1 aliphatic heterocycles. The molecular weight excluding hydrogens is 454 g/mol. The van der Waals surface area contributed by atoms with Crippen LogP contribution in [0.15, 0.2) is 46.8 Å². The summed E-state index contributed by atoms with van der Waals surface area (Å²) in [7, 11) is -3.73. The van der Waals surface area contributed by atoms with Gasteiger partial charge in [-0.2, -0.15) is 13.1 Å². The van der Waals surface area contributed by atoms with E-state index in [1.807, 2.05) is 25.1 Å². The molecule has 5 rings (SSSR count). The molecule has 0 saturated carbocycles. The predicted molar refractivity (Wildman–Crippen MR) is 122 cm³/mol. The number of carbonyl (C=O) groups excluding carboxylic acids is 1. The van der Waals surface area contributed by atoms with Gasteiger partial charge in [0, 0.05) is 24.2 Å². The van der Waals surface area contributed by atoms with Crippen LogP contribution in [0.25, 0.3) is 21.3 Å². The van der Waals surface area contributed by atoms with Gasteiger partial charge in [0.25, 0.3) is 0 Å². The van der Waals surface area contributed by atoms with Gasteiger partial charge in [0.15, 0.2) is 0 Å². The Morgan fingerprint density at radius 2 is 2.06 bits per heavy atom. The molecule has 2 aromatic heterocycles. The standard InChI is InChI=1S/C20H19N5O3S3/c1-12-9-13(20(26)22-14-5-6-17-16(10-14)21-11-29-17)7-8-25(12)31(27,28)18-4-2-3-15-19(18)24-30-23-15/h2-6,10-13H,7-9H2,1H3,(H,22,26)/t12-,13+/m1/s1. The Morgan fingerprint density at radius 1 is 1.19 bits per heavy atom. The van der Waals surface area contributed by atoms with Gasteiger partial charge in [-0.3, -0.25) is 4.79 Å². The minimum absolute atomic E-state index is 0.0933. The van der Waals surface area contributed by atoms with Crippen LogP contribution < -0.4 is 5.32 Å². The third kappa shape index (κ3) is 3.71. The summed E-state index contributed by atoms with van der Waals surface area (Å²) in [6.45, 7) is 2.12. The Balaban J connectivity index is 1.31. The number of benzene rings is 2. The highest BCUT2D eigenvalue weighted by Gasteiger charge is 2.38. The number of hydrogen-bond donors (Lipinski definition) is 1. The van der Waals surface area contributed by atoms with Crippen molar-refractivity contribution in [2.45, 2.75) is 30.7 Å². The first-order chi connectivity index (χ1) is 14.9. The molecule has 31 heavy (non-hydrogen) atoms. The van der Waals surface area contributed by atoms with Gasteiger partial charge in [0.2, 0.25) is 15.9 Å². The predicted octanol–water partition coefficient (Wildman–Crippen LogP) is 3.73. The van der Waals surface area contributed by atoms with E-state index in [4.69, 9.17) is 0 Å². The van der Waals surface area contributed by atoms with Crippen molar-refractivity contribution in [2.24, 2.45) is 5.92 Å². The van der Waals surface area contributed by atoms with Crippen LogP contribution in [0.2, 0.25) is 0 Å². The molecule has 0 aliphatic carbocycles. The second-order valence-corrected chi connectivity index (χ2v) is 10.9. The van der Waals surface area contributed by atoms with Crippen LogP contribution in [0.5, 0.6) is 0 Å². The molecule has 3 heterocycles. The molecular formula is C20H19N5O3S3. The molecule has 1 N–H and O–H groups in total. The Bertz CT molecular complexity index is 1380. The Labute approximate surface area is 187 Å². The summed E-state index contributed by atoms with van der Waals surface area (Å²) in [5.41, 5.74) is 4.30. The lowest BCUT2D eigenvalue weighted by atomic mass is 9.92. The molecule has 160 valence electrons. The zero-order valence-electron chi connectivity index (χ0n) is 16.6. The molecule has 1 fully saturated rings. The van der Waals surface area contributed by atoms with Crippen molar-refractivity contribution in [3.05, 3.63) is 41.9 Å². The molecule has 11 heteroatoms. The maximum absolute atomic E-state index is 13.3. The number of nitrogens with zero attached hydrogens (tertiary/aromatic N) is 4. The van der Waals surface area contributed by atoms with Gasteiger partial charge in [-0.25, -0.2) is 13.4 Å². The number of aromatic nitrogens is 3. The lowest BCUT2D eigenvalue weighted by molar-refractivity contribution is -0.121. The van der Waals surface area contributed by atoms with Gasteiger partial charge in [0.1, 0.15) is 15.9 Å². The van der Waals surface area contributed by atoms with E-state index in [0.717, 1.165) is 21.9 Å². The quantitative estimate of drug-likeness (QED) is 0.484. The van der Waals surface area contributed by atoms with Gasteiger partial charge < -0.3 is 5.32 Å². The lowest BCUT2D eigenvalue weighted by Crippen LogP contribution is -2.46. The van der Waals surface area contributed by atoms with Gasteiger partial charge >= 0.3 is 0 Å². The van der Waals surface area contributed by atoms with E-state index < -0.39 is 10.0 Å². The van der Waals surface area contributed by atoms with E-state index in [0.29, 0.717) is 29.6 Å². The molecule has 2 aromatic carbocycles. The van der Waals surface area contributed by atoms with Crippen molar-refractivity contribution in [3.63, 3.8) is 0 Å². The molecule has 2 atom stereocenters. The average molecular weight is 474 g/mol. The molecule has 0 bridgehead atoms. The van der Waals surface area contributed by atoms with Crippen LogP contribution in [-0.2, 0) is 14.8 Å². The Morgan fingerprint density at radius 3 is 2.90 bits per heavy atom. The summed E-state index contributed by atoms with van der Waals surface area (Å²) in [6.07, 6.45) is 0.912. The smallest absolute Gasteiger partial charge is 0.245 e. The number of rotatable bonds is 4. The minimum atomic E-state index is -3.73. The molecule has 0 radical (unpaired) electrons. The highest BCUT2D eigenvalue weighted by atomic mass is 32.2. The number of hydrogen-bond acceptors (Lipinski definition) is 8. The lowest BCUT2D eigenvalue weighted by Gasteiger charge is -2.36. The third-order valence-corrected chi connectivity index (χ3v) is 9.02. The van der Waals surface area contributed by atoms with Crippen molar-refractivity contribution in [1.82, 2.24) is 18.0 Å². The third-order valence-electron chi connectivity index (χ3n) is 5.62. The normalized spacial score (nSPS) is 20.3. The van der Waals surface area contributed by atoms with Crippen molar-refractivity contribution < 1.29 is 13.2 Å². The maximum atomic E-state index is 13.3. The number of carbonyl (C=O) groups is 1. The highest BCUT2D eigenvalue weighted by molar-refractivity contribution is 7.89. The number of amides is 1. The number of piperidine rings is 1. The minimum Gasteiger partial charge on any atom is -0.326 e. The summed E-state index contributed by atoms with van der Waals surface area (Å²) in [5.74, 6) is -0.353. The fourth-order valence-corrected chi connectivity index (χ4v) is 7.11. The van der Waals surface area contributed by atoms with E-state index >= 15 is 0 Å². The largest absolute Gasteiger partial charge is 0.326 e. The van der Waals surface area contributed by atoms with Crippen LogP contribution in [0.3, 0.4) is 0 Å². The summed E-state index contributed by atoms with van der Waals surface area (Å²) >= 11 is 2.55. The second kappa shape index (κ2) is 7.90. The van der Waals surface area contributed by atoms with Crippen LogP contribution in [0.1, 0.15) is 19.8 Å². The van der Waals surface area contributed by atoms with Crippen LogP contribution in [0.4, 0.5) is 5.69 Å². The summed E-state index contributed by atoms with van der Waals surface area (Å²) in [6, 6.07) is 10.4. The Hall–Kier alpha value is -2.47. The SMILES string of the molecule is C[C@@H]1C[C@@H](C(=O)Nc2ccc3scnc3c2)CCN1S(=O)(=O)c1cccc2nsnc12. The highest BCUT2D eigenvalue weighted by Crippen LogP contribution is 2.32. The number of sulfonamides is 1. The van der Waals surface area contributed by atoms with Crippen molar-refractivity contribution in [1.29, 1.82) is 0 Å². The van der Waals surface area contributed by atoms with Crippen LogP contribution in [-0.4, -0.2) is 44.9 Å². The average Bonchev–Trinajstić information content (AvgIpc) is 3.42. The van der Waals surface area contributed by atoms with Crippen LogP contribution >= 0.6 is 23.1 Å². The first-order valence-corrected chi connectivity index (χ1v) is 12.9. The van der Waals surface area contributed by atoms with E-state index in [1.165, 1.54) is 4.31 Å². The second-order valence-electron chi connectivity index (χ2n) is 7.60. The zero-order valence-corrected chi connectivity index (χ0v) is 19.0. The number of anilines is 1. The maximum Gasteiger partial charge on any atom is 0.245 e. The molecule has 8 nitrogen and oxygen atoms in total. The number of fused-ring (bicyclic) bond motifs is 2. The number of thiazole rings is 1. The van der Waals surface area contributed by atoms with Crippen molar-refractivity contribution >= 4 is 65.9 Å². The van der Waals surface area contributed by atoms with Crippen LogP contribution in [0, 0.1) is 5.92 Å². The number of nitrogens with one attached hydrogen (secondary N) is 1. The first-order valence-electron chi connectivity index (χ1n) is 9.81. The summed E-state index contributed by atoms with van der Waals surface area (Å²) < 4.78 is 37.5. The van der Waals surface area contributed by atoms with E-state index in [9.17, 15) is 13.2 Å². The molecule has 1 saturated heterocycles. The Kier molecular flexibility index (Phi) is 5.21. The fraction of sp³-hybridized carbons (Fsp3) is 0.300. The molecule has 1 amide bonds.